The Morgan fingerprint density at radius 3 is 1.10 bits per heavy atom. The van der Waals surface area contributed by atoms with Gasteiger partial charge in [0.05, 0.1) is 0 Å². The second kappa shape index (κ2) is 28.7. The van der Waals surface area contributed by atoms with Crippen molar-refractivity contribution in [3.63, 3.8) is 0 Å². The Bertz CT molecular complexity index is 404. The van der Waals surface area contributed by atoms with Crippen LogP contribution in [0.15, 0.2) is 12.2 Å². The summed E-state index contributed by atoms with van der Waals surface area (Å²) in [4.78, 5) is 20.4. The van der Waals surface area contributed by atoms with Crippen molar-refractivity contribution >= 4 is 11.9 Å². The minimum atomic E-state index is -0.666. The molecule has 0 aliphatic carbocycles. The molecule has 0 aromatic heterocycles. The zero-order valence-electron chi connectivity index (χ0n) is 20.7. The van der Waals surface area contributed by atoms with Crippen molar-refractivity contribution in [1.82, 2.24) is 0 Å². The lowest BCUT2D eigenvalue weighted by Crippen LogP contribution is -1.93. The van der Waals surface area contributed by atoms with Gasteiger partial charge in [0.1, 0.15) is 0 Å². The molecule has 0 aliphatic rings. The van der Waals surface area contributed by atoms with Crippen LogP contribution in [-0.4, -0.2) is 22.2 Å². The number of hydrogen-bond acceptors (Lipinski definition) is 2. The van der Waals surface area contributed by atoms with Crippen LogP contribution >= 0.6 is 0 Å². The van der Waals surface area contributed by atoms with Gasteiger partial charge in [-0.05, 0) is 38.5 Å². The first kappa shape index (κ1) is 31.9. The van der Waals surface area contributed by atoms with Crippen LogP contribution in [0, 0.1) is 0 Å². The van der Waals surface area contributed by atoms with Crippen molar-refractivity contribution < 1.29 is 19.8 Å². The number of carboxylic acids is 2. The van der Waals surface area contributed by atoms with Crippen LogP contribution in [0.3, 0.4) is 0 Å². The summed E-state index contributed by atoms with van der Waals surface area (Å²) in [5.41, 5.74) is 0. The van der Waals surface area contributed by atoms with Gasteiger partial charge in [0.25, 0.3) is 0 Å². The van der Waals surface area contributed by atoms with Gasteiger partial charge in [-0.25, -0.2) is 0 Å². The fraction of sp³-hybridized carbons (Fsp3) is 0.852. The van der Waals surface area contributed by atoms with Gasteiger partial charge in [0.2, 0.25) is 0 Å². The molecule has 0 fully saturated rings. The maximum Gasteiger partial charge on any atom is 0.303 e. The Hall–Kier alpha value is -1.32. The predicted molar refractivity (Wildman–Crippen MR) is 133 cm³/mol. The van der Waals surface area contributed by atoms with Gasteiger partial charge in [-0.3, -0.25) is 9.59 Å². The Morgan fingerprint density at radius 2 is 0.774 bits per heavy atom. The molecule has 0 aromatic carbocycles. The van der Waals surface area contributed by atoms with Gasteiger partial charge >= 0.3 is 11.9 Å². The molecule has 4 heteroatoms. The van der Waals surface area contributed by atoms with Crippen LogP contribution in [0.5, 0.6) is 0 Å². The standard InChI is InChI=1S/C18H34O2.C9H18O2/c1-2-3-4-5-6-7-8-9-10-11-12-13-14-15-16-17-18(19)20;1-2-3-4-5-6-7-8-9(10)11/h9-10H,2-8,11-17H2,1H3,(H,19,20);2-8H2,1H3,(H,10,11)/b10-9-;. The Morgan fingerprint density at radius 1 is 0.484 bits per heavy atom. The first-order valence-electron chi connectivity index (χ1n) is 13.1. The molecule has 0 atom stereocenters. The van der Waals surface area contributed by atoms with E-state index in [9.17, 15) is 9.59 Å². The molecule has 184 valence electrons. The second-order valence-electron chi connectivity index (χ2n) is 8.64. The molecular weight excluding hydrogens is 388 g/mol. The first-order chi connectivity index (χ1) is 15.0. The molecule has 2 N–H and O–H groups in total. The summed E-state index contributed by atoms with van der Waals surface area (Å²) in [5, 5.41) is 16.8. The molecule has 0 unspecified atom stereocenters. The molecule has 0 bridgehead atoms. The number of carbonyl (C=O) groups is 2. The molecule has 0 spiro atoms. The minimum Gasteiger partial charge on any atom is -0.481 e. The van der Waals surface area contributed by atoms with E-state index < -0.39 is 11.9 Å². The summed E-state index contributed by atoms with van der Waals surface area (Å²) in [5.74, 6) is -1.33. The second-order valence-corrected chi connectivity index (χ2v) is 8.64. The summed E-state index contributed by atoms with van der Waals surface area (Å²) in [6, 6.07) is 0. The van der Waals surface area contributed by atoms with Gasteiger partial charge in [-0.15, -0.1) is 0 Å². The van der Waals surface area contributed by atoms with Crippen LogP contribution in [0.1, 0.15) is 149 Å². The van der Waals surface area contributed by atoms with E-state index >= 15 is 0 Å². The summed E-state index contributed by atoms with van der Waals surface area (Å²) < 4.78 is 0. The molecule has 0 amide bonds. The summed E-state index contributed by atoms with van der Waals surface area (Å²) in [6.45, 7) is 4.44. The molecule has 0 aliphatic heterocycles. The molecular formula is C27H52O4. The Labute approximate surface area is 192 Å². The Balaban J connectivity index is 0. The predicted octanol–water partition coefficient (Wildman–Crippen LogP) is 8.93. The van der Waals surface area contributed by atoms with Gasteiger partial charge < -0.3 is 10.2 Å². The topological polar surface area (TPSA) is 74.6 Å². The third-order valence-corrected chi connectivity index (χ3v) is 5.40. The number of unbranched alkanes of at least 4 members (excludes halogenated alkanes) is 16. The van der Waals surface area contributed by atoms with E-state index in [-0.39, 0.29) is 0 Å². The lowest BCUT2D eigenvalue weighted by atomic mass is 10.1. The van der Waals surface area contributed by atoms with E-state index in [4.69, 9.17) is 10.2 Å². The van der Waals surface area contributed by atoms with Crippen LogP contribution in [-0.2, 0) is 9.59 Å². The zero-order chi connectivity index (χ0) is 23.4. The molecule has 0 heterocycles. The number of rotatable bonds is 22. The molecule has 0 rings (SSSR count). The molecule has 0 saturated heterocycles. The van der Waals surface area contributed by atoms with Crippen molar-refractivity contribution in [2.24, 2.45) is 0 Å². The molecule has 0 aromatic rings. The third-order valence-electron chi connectivity index (χ3n) is 5.40. The monoisotopic (exact) mass is 440 g/mol. The molecule has 0 saturated carbocycles. The lowest BCUT2D eigenvalue weighted by molar-refractivity contribution is -0.138. The van der Waals surface area contributed by atoms with Crippen molar-refractivity contribution in [3.05, 3.63) is 12.2 Å². The smallest absolute Gasteiger partial charge is 0.303 e. The number of hydrogen-bond donors (Lipinski definition) is 2. The fourth-order valence-electron chi connectivity index (χ4n) is 3.40. The molecule has 0 radical (unpaired) electrons. The van der Waals surface area contributed by atoms with Crippen molar-refractivity contribution in [2.45, 2.75) is 149 Å². The summed E-state index contributed by atoms with van der Waals surface area (Å²) >= 11 is 0. The normalized spacial score (nSPS) is 10.8. The van der Waals surface area contributed by atoms with E-state index in [1.165, 1.54) is 96.3 Å². The summed E-state index contributed by atoms with van der Waals surface area (Å²) in [6.07, 6.45) is 28.5. The average Bonchev–Trinajstić information content (AvgIpc) is 2.73. The lowest BCUT2D eigenvalue weighted by Gasteiger charge is -1.99. The largest absolute Gasteiger partial charge is 0.481 e. The number of carboxylic acid groups (broad SMARTS) is 2. The van der Waals surface area contributed by atoms with Crippen LogP contribution in [0.25, 0.3) is 0 Å². The van der Waals surface area contributed by atoms with Gasteiger partial charge in [0.15, 0.2) is 0 Å². The fourth-order valence-corrected chi connectivity index (χ4v) is 3.40. The van der Waals surface area contributed by atoms with Crippen LogP contribution in [0.2, 0.25) is 0 Å². The molecule has 4 nitrogen and oxygen atoms in total. The Kier molecular flexibility index (Phi) is 29.5. The third kappa shape index (κ3) is 36.4. The highest BCUT2D eigenvalue weighted by atomic mass is 16.4. The number of allylic oxidation sites excluding steroid dienone is 2. The van der Waals surface area contributed by atoms with Gasteiger partial charge in [0, 0.05) is 12.8 Å². The number of aliphatic carboxylic acids is 2. The summed E-state index contributed by atoms with van der Waals surface area (Å²) in [7, 11) is 0. The maximum atomic E-state index is 10.3. The van der Waals surface area contributed by atoms with Crippen LogP contribution in [0.4, 0.5) is 0 Å². The van der Waals surface area contributed by atoms with Gasteiger partial charge in [-0.2, -0.15) is 0 Å². The molecule has 31 heavy (non-hydrogen) atoms. The maximum absolute atomic E-state index is 10.3. The van der Waals surface area contributed by atoms with E-state index in [0.717, 1.165) is 25.7 Å². The highest BCUT2D eigenvalue weighted by molar-refractivity contribution is 5.66. The van der Waals surface area contributed by atoms with E-state index in [2.05, 4.69) is 26.0 Å². The minimum absolute atomic E-state index is 0.332. The van der Waals surface area contributed by atoms with Crippen molar-refractivity contribution in [2.75, 3.05) is 0 Å². The van der Waals surface area contributed by atoms with Crippen LogP contribution < -0.4 is 0 Å². The first-order valence-corrected chi connectivity index (χ1v) is 13.1. The highest BCUT2D eigenvalue weighted by Gasteiger charge is 1.96. The van der Waals surface area contributed by atoms with E-state index in [0.29, 0.717) is 12.8 Å². The SMILES string of the molecule is CCCCCCCC/C=C\CCCCCCCC(=O)O.CCCCCCCCC(=O)O. The highest BCUT2D eigenvalue weighted by Crippen LogP contribution is 2.10. The zero-order valence-corrected chi connectivity index (χ0v) is 20.7. The average molecular weight is 441 g/mol. The van der Waals surface area contributed by atoms with Crippen molar-refractivity contribution in [3.8, 4) is 0 Å². The van der Waals surface area contributed by atoms with E-state index in [1.54, 1.807) is 0 Å². The van der Waals surface area contributed by atoms with E-state index in [1.807, 2.05) is 0 Å². The van der Waals surface area contributed by atoms with Gasteiger partial charge in [-0.1, -0.05) is 109 Å². The quantitative estimate of drug-likeness (QED) is 0.130. The van der Waals surface area contributed by atoms with Crippen molar-refractivity contribution in [1.29, 1.82) is 0 Å².